The zero-order chi connectivity index (χ0) is 18.2. The number of hydrogen-bond acceptors (Lipinski definition) is 5. The number of aromatic nitrogens is 1. The second-order valence-electron chi connectivity index (χ2n) is 5.80. The van der Waals surface area contributed by atoms with Crippen molar-refractivity contribution < 1.29 is 17.2 Å². The van der Waals surface area contributed by atoms with Crippen molar-refractivity contribution in [2.75, 3.05) is 19.0 Å². The number of oxazole rings is 1. The molecule has 0 N–H and O–H groups in total. The zero-order valence-electron chi connectivity index (χ0n) is 14.0. The molecule has 2 aromatic carbocycles. The van der Waals surface area contributed by atoms with Gasteiger partial charge in [-0.15, -0.1) is 0 Å². The molecule has 1 aromatic heterocycles. The average Bonchev–Trinajstić information content (AvgIpc) is 3.02. The maximum Gasteiger partial charge on any atom is 0.235 e. The van der Waals surface area contributed by atoms with Gasteiger partial charge in [-0.3, -0.25) is 0 Å². The van der Waals surface area contributed by atoms with E-state index in [9.17, 15) is 12.8 Å². The lowest BCUT2D eigenvalue weighted by Crippen LogP contribution is -2.13. The van der Waals surface area contributed by atoms with E-state index in [-0.39, 0.29) is 21.7 Å². The summed E-state index contributed by atoms with van der Waals surface area (Å²) in [6, 6.07) is 12.0. The summed E-state index contributed by atoms with van der Waals surface area (Å²) < 4.78 is 44.7. The molecule has 0 aliphatic rings. The van der Waals surface area contributed by atoms with Gasteiger partial charge < -0.3 is 9.32 Å². The Morgan fingerprint density at radius 2 is 1.68 bits per heavy atom. The lowest BCUT2D eigenvalue weighted by Gasteiger charge is -2.10. The molecule has 0 aliphatic heterocycles. The SMILES string of the molecule is Cc1ccccc1-c1nc(S(=O)(=O)c2ccc(F)cc2)c(N(C)C)o1. The van der Waals surface area contributed by atoms with E-state index < -0.39 is 15.7 Å². The highest BCUT2D eigenvalue weighted by Gasteiger charge is 2.29. The second-order valence-corrected chi connectivity index (χ2v) is 7.66. The molecule has 0 saturated carbocycles. The van der Waals surface area contributed by atoms with E-state index in [2.05, 4.69) is 4.98 Å². The molecule has 3 aromatic rings. The molecule has 3 rings (SSSR count). The first-order chi connectivity index (χ1) is 11.8. The number of benzene rings is 2. The molecule has 0 radical (unpaired) electrons. The molecule has 0 fully saturated rings. The molecule has 0 atom stereocenters. The molecule has 0 amide bonds. The third-order valence-electron chi connectivity index (χ3n) is 3.74. The predicted molar refractivity (Wildman–Crippen MR) is 92.9 cm³/mol. The number of anilines is 1. The Bertz CT molecular complexity index is 1010. The van der Waals surface area contributed by atoms with Gasteiger partial charge in [-0.2, -0.15) is 4.98 Å². The van der Waals surface area contributed by atoms with Crippen LogP contribution < -0.4 is 4.90 Å². The Kier molecular flexibility index (Phi) is 4.34. The Morgan fingerprint density at radius 3 is 2.28 bits per heavy atom. The van der Waals surface area contributed by atoms with Crippen LogP contribution in [0.15, 0.2) is 62.9 Å². The molecule has 0 spiro atoms. The maximum atomic E-state index is 13.1. The third kappa shape index (κ3) is 3.15. The number of nitrogens with zero attached hydrogens (tertiary/aromatic N) is 2. The van der Waals surface area contributed by atoms with Crippen molar-refractivity contribution in [3.8, 4) is 11.5 Å². The molecule has 0 aliphatic carbocycles. The Balaban J connectivity index is 2.19. The summed E-state index contributed by atoms with van der Waals surface area (Å²) in [5.74, 6) is -0.155. The van der Waals surface area contributed by atoms with Gasteiger partial charge in [0.2, 0.25) is 26.6 Å². The van der Waals surface area contributed by atoms with Gasteiger partial charge in [0.1, 0.15) is 5.82 Å². The summed E-state index contributed by atoms with van der Waals surface area (Å²) in [6.45, 7) is 1.89. The highest BCUT2D eigenvalue weighted by molar-refractivity contribution is 7.91. The number of halogens is 1. The quantitative estimate of drug-likeness (QED) is 0.664. The van der Waals surface area contributed by atoms with Crippen molar-refractivity contribution in [1.82, 2.24) is 4.98 Å². The van der Waals surface area contributed by atoms with Crippen molar-refractivity contribution >= 4 is 15.7 Å². The van der Waals surface area contributed by atoms with Crippen molar-refractivity contribution in [3.63, 3.8) is 0 Å². The van der Waals surface area contributed by atoms with Crippen molar-refractivity contribution in [2.45, 2.75) is 16.8 Å². The fraction of sp³-hybridized carbons (Fsp3) is 0.167. The fourth-order valence-corrected chi connectivity index (χ4v) is 3.78. The molecular weight excluding hydrogens is 343 g/mol. The minimum absolute atomic E-state index is 0.0402. The van der Waals surface area contributed by atoms with Crippen LogP contribution in [0.2, 0.25) is 0 Å². The zero-order valence-corrected chi connectivity index (χ0v) is 14.8. The average molecular weight is 360 g/mol. The summed E-state index contributed by atoms with van der Waals surface area (Å²) in [5.41, 5.74) is 1.63. The highest BCUT2D eigenvalue weighted by Crippen LogP contribution is 2.34. The Labute approximate surface area is 145 Å². The van der Waals surface area contributed by atoms with Gasteiger partial charge in [0, 0.05) is 19.7 Å². The molecule has 1 heterocycles. The molecule has 0 unspecified atom stereocenters. The minimum Gasteiger partial charge on any atom is -0.419 e. The van der Waals surface area contributed by atoms with Gasteiger partial charge in [0.25, 0.3) is 0 Å². The van der Waals surface area contributed by atoms with Crippen LogP contribution in [0.1, 0.15) is 5.56 Å². The van der Waals surface area contributed by atoms with E-state index in [0.29, 0.717) is 5.56 Å². The smallest absolute Gasteiger partial charge is 0.235 e. The summed E-state index contributed by atoms with van der Waals surface area (Å²) in [5, 5.41) is -0.192. The normalized spacial score (nSPS) is 11.5. The van der Waals surface area contributed by atoms with E-state index >= 15 is 0 Å². The molecule has 7 heteroatoms. The number of hydrogen-bond donors (Lipinski definition) is 0. The first-order valence-corrected chi connectivity index (χ1v) is 9.04. The maximum absolute atomic E-state index is 13.1. The van der Waals surface area contributed by atoms with Gasteiger partial charge in [-0.25, -0.2) is 12.8 Å². The first-order valence-electron chi connectivity index (χ1n) is 7.55. The summed E-state index contributed by atoms with van der Waals surface area (Å²) >= 11 is 0. The fourth-order valence-electron chi connectivity index (χ4n) is 2.41. The Hall–Kier alpha value is -2.67. The summed E-state index contributed by atoms with van der Waals surface area (Å²) in [6.07, 6.45) is 0. The van der Waals surface area contributed by atoms with Gasteiger partial charge in [0.05, 0.1) is 4.90 Å². The van der Waals surface area contributed by atoms with E-state index in [1.807, 2.05) is 31.2 Å². The topological polar surface area (TPSA) is 63.4 Å². The van der Waals surface area contributed by atoms with Gasteiger partial charge in [0.15, 0.2) is 0 Å². The van der Waals surface area contributed by atoms with Crippen LogP contribution >= 0.6 is 0 Å². The summed E-state index contributed by atoms with van der Waals surface area (Å²) in [4.78, 5) is 5.75. The van der Waals surface area contributed by atoms with E-state index in [4.69, 9.17) is 4.42 Å². The van der Waals surface area contributed by atoms with E-state index in [1.54, 1.807) is 19.0 Å². The largest absolute Gasteiger partial charge is 0.419 e. The van der Waals surface area contributed by atoms with Crippen molar-refractivity contribution in [3.05, 3.63) is 59.9 Å². The molecule has 0 saturated heterocycles. The lowest BCUT2D eigenvalue weighted by molar-refractivity contribution is 0.563. The predicted octanol–water partition coefficient (Wildman–Crippen LogP) is 3.69. The minimum atomic E-state index is -3.94. The molecule has 5 nitrogen and oxygen atoms in total. The number of aryl methyl sites for hydroxylation is 1. The van der Waals surface area contributed by atoms with Crippen LogP contribution in [0, 0.1) is 12.7 Å². The van der Waals surface area contributed by atoms with Crippen molar-refractivity contribution in [1.29, 1.82) is 0 Å². The van der Waals surface area contributed by atoms with Gasteiger partial charge in [-0.1, -0.05) is 18.2 Å². The Morgan fingerprint density at radius 1 is 1.04 bits per heavy atom. The van der Waals surface area contributed by atoms with Crippen LogP contribution in [0.25, 0.3) is 11.5 Å². The van der Waals surface area contributed by atoms with E-state index in [0.717, 1.165) is 17.7 Å². The van der Waals surface area contributed by atoms with Crippen LogP contribution in [-0.2, 0) is 9.84 Å². The van der Waals surface area contributed by atoms with Gasteiger partial charge in [-0.05, 0) is 42.8 Å². The molecule has 0 bridgehead atoms. The molecular formula is C18H17FN2O3S. The van der Waals surface area contributed by atoms with Crippen LogP contribution in [-0.4, -0.2) is 27.5 Å². The first kappa shape index (κ1) is 17.2. The third-order valence-corrected chi connectivity index (χ3v) is 5.41. The lowest BCUT2D eigenvalue weighted by atomic mass is 10.1. The number of sulfone groups is 1. The molecule has 25 heavy (non-hydrogen) atoms. The highest BCUT2D eigenvalue weighted by atomic mass is 32.2. The van der Waals surface area contributed by atoms with Gasteiger partial charge >= 0.3 is 0 Å². The van der Waals surface area contributed by atoms with E-state index in [1.165, 1.54) is 12.1 Å². The molecule has 130 valence electrons. The summed E-state index contributed by atoms with van der Waals surface area (Å²) in [7, 11) is -0.600. The van der Waals surface area contributed by atoms with Crippen LogP contribution in [0.5, 0.6) is 0 Å². The number of rotatable bonds is 4. The standard InChI is InChI=1S/C18H17FN2O3S/c1-12-6-4-5-7-15(12)16-20-17(18(24-16)21(2)3)25(22,23)14-10-8-13(19)9-11-14/h4-11H,1-3H3. The monoisotopic (exact) mass is 360 g/mol. The van der Waals surface area contributed by atoms with Crippen LogP contribution in [0.3, 0.4) is 0 Å². The van der Waals surface area contributed by atoms with Crippen LogP contribution in [0.4, 0.5) is 10.3 Å². The van der Waals surface area contributed by atoms with Crippen molar-refractivity contribution in [2.24, 2.45) is 0 Å². The second kappa shape index (κ2) is 6.33.